The van der Waals surface area contributed by atoms with E-state index in [1.54, 1.807) is 6.07 Å². The van der Waals surface area contributed by atoms with Crippen molar-refractivity contribution in [1.29, 1.82) is 0 Å². The molecule has 0 aromatic heterocycles. The molecule has 1 heterocycles. The Kier molecular flexibility index (Phi) is 5.61. The average Bonchev–Trinajstić information content (AvgIpc) is 2.53. The number of carboxylic acid groups (broad SMARTS) is 1. The molecule has 7 nitrogen and oxygen atoms in total. The zero-order chi connectivity index (χ0) is 17.0. The van der Waals surface area contributed by atoms with E-state index in [4.69, 9.17) is 9.84 Å². The van der Waals surface area contributed by atoms with Crippen molar-refractivity contribution in [2.24, 2.45) is 5.92 Å². The van der Waals surface area contributed by atoms with Crippen LogP contribution in [0.4, 0.5) is 5.69 Å². The number of morpholine rings is 1. The zero-order valence-electron chi connectivity index (χ0n) is 13.3. The topological polar surface area (TPSA) is 95.9 Å². The normalized spacial score (nSPS) is 15.9. The average molecular weight is 342 g/mol. The van der Waals surface area contributed by atoms with Gasteiger partial charge in [0, 0.05) is 19.6 Å². The third kappa shape index (κ3) is 4.43. The molecule has 0 atom stereocenters. The molecule has 23 heavy (non-hydrogen) atoms. The molecule has 8 heteroatoms. The molecule has 0 bridgehead atoms. The Bertz CT molecular complexity index is 666. The molecule has 1 fully saturated rings. The number of rotatable bonds is 6. The van der Waals surface area contributed by atoms with E-state index in [0.29, 0.717) is 38.5 Å². The maximum Gasteiger partial charge on any atom is 0.335 e. The minimum Gasteiger partial charge on any atom is -0.478 e. The molecule has 128 valence electrons. The van der Waals surface area contributed by atoms with Crippen molar-refractivity contribution in [3.63, 3.8) is 0 Å². The van der Waals surface area contributed by atoms with Gasteiger partial charge >= 0.3 is 5.97 Å². The van der Waals surface area contributed by atoms with Gasteiger partial charge in [-0.15, -0.1) is 0 Å². The Morgan fingerprint density at radius 2 is 2.00 bits per heavy atom. The molecule has 1 saturated heterocycles. The molecule has 1 aliphatic rings. The summed E-state index contributed by atoms with van der Waals surface area (Å²) in [7, 11) is -3.79. The van der Waals surface area contributed by atoms with Crippen LogP contribution in [0.1, 0.15) is 24.2 Å². The van der Waals surface area contributed by atoms with E-state index in [2.05, 4.69) is 4.72 Å². The predicted octanol–water partition coefficient (Wildman–Crippen LogP) is 1.16. The van der Waals surface area contributed by atoms with E-state index in [1.165, 1.54) is 12.1 Å². The van der Waals surface area contributed by atoms with Crippen LogP contribution in [0.25, 0.3) is 0 Å². The van der Waals surface area contributed by atoms with Crippen LogP contribution in [0, 0.1) is 5.92 Å². The maximum atomic E-state index is 12.6. The molecule has 0 amide bonds. The lowest BCUT2D eigenvalue weighted by Gasteiger charge is -2.30. The van der Waals surface area contributed by atoms with Gasteiger partial charge < -0.3 is 14.7 Å². The van der Waals surface area contributed by atoms with Crippen molar-refractivity contribution in [2.75, 3.05) is 37.7 Å². The predicted molar refractivity (Wildman–Crippen MR) is 86.5 cm³/mol. The Balaban J connectivity index is 2.43. The second-order valence-corrected chi connectivity index (χ2v) is 7.57. The van der Waals surface area contributed by atoms with E-state index >= 15 is 0 Å². The largest absolute Gasteiger partial charge is 0.478 e. The summed E-state index contributed by atoms with van der Waals surface area (Å²) in [5.74, 6) is -1.00. The van der Waals surface area contributed by atoms with Gasteiger partial charge in [0.2, 0.25) is 10.0 Å². The van der Waals surface area contributed by atoms with Gasteiger partial charge in [-0.1, -0.05) is 13.8 Å². The number of carbonyl (C=O) groups is 1. The first-order valence-electron chi connectivity index (χ1n) is 7.51. The number of anilines is 1. The van der Waals surface area contributed by atoms with Crippen molar-refractivity contribution in [1.82, 2.24) is 4.72 Å². The van der Waals surface area contributed by atoms with Crippen LogP contribution in [0.5, 0.6) is 0 Å². The highest BCUT2D eigenvalue weighted by Gasteiger charge is 2.25. The Morgan fingerprint density at radius 3 is 2.57 bits per heavy atom. The lowest BCUT2D eigenvalue weighted by atomic mass is 10.2. The fourth-order valence-electron chi connectivity index (χ4n) is 2.28. The number of aromatic carboxylic acids is 1. The molecule has 0 saturated carbocycles. The van der Waals surface area contributed by atoms with Gasteiger partial charge in [-0.2, -0.15) is 0 Å². The van der Waals surface area contributed by atoms with Crippen LogP contribution in [-0.4, -0.2) is 52.3 Å². The molecule has 0 unspecified atom stereocenters. The summed E-state index contributed by atoms with van der Waals surface area (Å²) in [5.41, 5.74) is 0.460. The van der Waals surface area contributed by atoms with E-state index in [1.807, 2.05) is 18.7 Å². The summed E-state index contributed by atoms with van der Waals surface area (Å²) < 4.78 is 33.1. The van der Waals surface area contributed by atoms with E-state index in [9.17, 15) is 13.2 Å². The Morgan fingerprint density at radius 1 is 1.35 bits per heavy atom. The van der Waals surface area contributed by atoms with Crippen LogP contribution < -0.4 is 9.62 Å². The molecule has 0 aliphatic carbocycles. The summed E-state index contributed by atoms with van der Waals surface area (Å²) in [4.78, 5) is 13.1. The van der Waals surface area contributed by atoms with Crippen molar-refractivity contribution >= 4 is 21.7 Å². The molecule has 1 aromatic carbocycles. The van der Waals surface area contributed by atoms with Gasteiger partial charge in [0.05, 0.1) is 24.5 Å². The summed E-state index contributed by atoms with van der Waals surface area (Å²) in [6.07, 6.45) is 0. The van der Waals surface area contributed by atoms with Gasteiger partial charge in [-0.05, 0) is 24.1 Å². The second-order valence-electron chi connectivity index (χ2n) is 5.83. The van der Waals surface area contributed by atoms with Crippen molar-refractivity contribution in [3.8, 4) is 0 Å². The standard InChI is InChI=1S/C15H22N2O5S/c1-11(2)10-16-23(20,21)14-9-12(15(18)19)3-4-13(14)17-5-7-22-8-6-17/h3-4,9,11,16H,5-8,10H2,1-2H3,(H,18,19). The fraction of sp³-hybridized carbons (Fsp3) is 0.533. The molecule has 2 N–H and O–H groups in total. The fourth-order valence-corrected chi connectivity index (χ4v) is 3.74. The first-order chi connectivity index (χ1) is 10.8. The molecule has 1 aromatic rings. The number of hydrogen-bond donors (Lipinski definition) is 2. The Hall–Kier alpha value is -1.64. The van der Waals surface area contributed by atoms with E-state index in [-0.39, 0.29) is 16.4 Å². The summed E-state index contributed by atoms with van der Waals surface area (Å²) >= 11 is 0. The van der Waals surface area contributed by atoms with E-state index in [0.717, 1.165) is 0 Å². The third-order valence-electron chi connectivity index (χ3n) is 3.53. The molecule has 0 spiro atoms. The lowest BCUT2D eigenvalue weighted by Crippen LogP contribution is -2.38. The quantitative estimate of drug-likeness (QED) is 0.805. The number of benzene rings is 1. The summed E-state index contributed by atoms with van der Waals surface area (Å²) in [6, 6.07) is 4.20. The lowest BCUT2D eigenvalue weighted by molar-refractivity contribution is 0.0696. The van der Waals surface area contributed by atoms with Crippen LogP contribution in [0.2, 0.25) is 0 Å². The Labute approximate surface area is 136 Å². The van der Waals surface area contributed by atoms with Crippen molar-refractivity contribution in [3.05, 3.63) is 23.8 Å². The monoisotopic (exact) mass is 342 g/mol. The van der Waals surface area contributed by atoms with Gasteiger partial charge in [-0.25, -0.2) is 17.9 Å². The van der Waals surface area contributed by atoms with Crippen LogP contribution in [-0.2, 0) is 14.8 Å². The van der Waals surface area contributed by atoms with E-state index < -0.39 is 16.0 Å². The number of ether oxygens (including phenoxy) is 1. The number of carboxylic acids is 1. The highest BCUT2D eigenvalue weighted by Crippen LogP contribution is 2.27. The zero-order valence-corrected chi connectivity index (χ0v) is 14.1. The number of nitrogens with zero attached hydrogens (tertiary/aromatic N) is 1. The highest BCUT2D eigenvalue weighted by atomic mass is 32.2. The first-order valence-corrected chi connectivity index (χ1v) is 8.99. The number of nitrogens with one attached hydrogen (secondary N) is 1. The summed E-state index contributed by atoms with van der Waals surface area (Å²) in [5, 5.41) is 9.15. The third-order valence-corrected chi connectivity index (χ3v) is 4.98. The smallest absolute Gasteiger partial charge is 0.335 e. The maximum absolute atomic E-state index is 12.6. The van der Waals surface area contributed by atoms with Gasteiger partial charge in [0.1, 0.15) is 4.90 Å². The molecular weight excluding hydrogens is 320 g/mol. The van der Waals surface area contributed by atoms with Crippen LogP contribution in [0.15, 0.2) is 23.1 Å². The molecular formula is C15H22N2O5S. The number of hydrogen-bond acceptors (Lipinski definition) is 5. The van der Waals surface area contributed by atoms with Crippen molar-refractivity contribution in [2.45, 2.75) is 18.7 Å². The van der Waals surface area contributed by atoms with Gasteiger partial charge in [-0.3, -0.25) is 0 Å². The molecule has 1 aliphatic heterocycles. The van der Waals surface area contributed by atoms with Gasteiger partial charge in [0.15, 0.2) is 0 Å². The molecule has 0 radical (unpaired) electrons. The summed E-state index contributed by atoms with van der Waals surface area (Å²) in [6.45, 7) is 6.26. The highest BCUT2D eigenvalue weighted by molar-refractivity contribution is 7.89. The number of sulfonamides is 1. The SMILES string of the molecule is CC(C)CNS(=O)(=O)c1cc(C(=O)O)ccc1N1CCOCC1. The second kappa shape index (κ2) is 7.29. The van der Waals surface area contributed by atoms with Crippen LogP contribution in [0.3, 0.4) is 0 Å². The van der Waals surface area contributed by atoms with Crippen molar-refractivity contribution < 1.29 is 23.1 Å². The first kappa shape index (κ1) is 17.7. The molecule has 2 rings (SSSR count). The van der Waals surface area contributed by atoms with Gasteiger partial charge in [0.25, 0.3) is 0 Å². The minimum atomic E-state index is -3.79. The van der Waals surface area contributed by atoms with Crippen LogP contribution >= 0.6 is 0 Å². The minimum absolute atomic E-state index is 0.0000463.